The van der Waals surface area contributed by atoms with Crippen LogP contribution in [0.5, 0.6) is 0 Å². The lowest BCUT2D eigenvalue weighted by Gasteiger charge is -2.34. The van der Waals surface area contributed by atoms with E-state index in [9.17, 15) is 9.59 Å². The first kappa shape index (κ1) is 17.2. The number of ketones is 1. The van der Waals surface area contributed by atoms with Crippen LogP contribution in [0.15, 0.2) is 6.07 Å². The first-order valence-corrected chi connectivity index (χ1v) is 9.11. The minimum absolute atomic E-state index is 0.192. The van der Waals surface area contributed by atoms with Crippen molar-refractivity contribution in [3.05, 3.63) is 23.0 Å². The fourth-order valence-electron chi connectivity index (χ4n) is 3.86. The lowest BCUT2D eigenvalue weighted by atomic mass is 10.1. The highest BCUT2D eigenvalue weighted by Gasteiger charge is 2.34. The summed E-state index contributed by atoms with van der Waals surface area (Å²) < 4.78 is 2.22. The highest BCUT2D eigenvalue weighted by Crippen LogP contribution is 2.31. The van der Waals surface area contributed by atoms with Crippen LogP contribution in [0.3, 0.4) is 0 Å². The van der Waals surface area contributed by atoms with Gasteiger partial charge in [0.2, 0.25) is 5.91 Å². The molecule has 0 radical (unpaired) electrons. The predicted octanol–water partition coefficient (Wildman–Crippen LogP) is 2.42. The van der Waals surface area contributed by atoms with E-state index in [-0.39, 0.29) is 5.78 Å². The molecule has 2 fully saturated rings. The molecule has 1 saturated carbocycles. The molecule has 132 valence electrons. The Labute approximate surface area is 144 Å². The Balaban J connectivity index is 1.58. The molecule has 1 saturated heterocycles. The van der Waals surface area contributed by atoms with Crippen molar-refractivity contribution >= 4 is 11.7 Å². The van der Waals surface area contributed by atoms with Crippen LogP contribution in [0.25, 0.3) is 0 Å². The fourth-order valence-corrected chi connectivity index (χ4v) is 3.86. The SMILES string of the molecule is Cc1cc(C(=O)CN2CCN(C(=O)C3CC3)CC2)c(C)n1C(C)C. The number of Topliss-reactive ketones (excluding diaryl/α,β-unsaturated/α-hetero) is 1. The summed E-state index contributed by atoms with van der Waals surface area (Å²) in [4.78, 5) is 29.0. The van der Waals surface area contributed by atoms with Gasteiger partial charge in [-0.3, -0.25) is 14.5 Å². The second-order valence-electron chi connectivity index (χ2n) is 7.55. The third kappa shape index (κ3) is 3.41. The second-order valence-corrected chi connectivity index (χ2v) is 7.55. The number of amides is 1. The summed E-state index contributed by atoms with van der Waals surface area (Å²) in [6, 6.07) is 2.38. The number of hydrogen-bond acceptors (Lipinski definition) is 3. The Morgan fingerprint density at radius 2 is 1.75 bits per heavy atom. The van der Waals surface area contributed by atoms with Gasteiger partial charge < -0.3 is 9.47 Å². The van der Waals surface area contributed by atoms with E-state index in [0.29, 0.717) is 24.4 Å². The van der Waals surface area contributed by atoms with E-state index < -0.39 is 0 Å². The summed E-state index contributed by atoms with van der Waals surface area (Å²) in [6.45, 7) is 11.9. The van der Waals surface area contributed by atoms with Crippen LogP contribution in [-0.2, 0) is 4.79 Å². The molecular weight excluding hydrogens is 302 g/mol. The molecule has 0 unspecified atom stereocenters. The molecule has 1 aromatic heterocycles. The van der Waals surface area contributed by atoms with Gasteiger partial charge in [0.15, 0.2) is 5.78 Å². The number of carbonyl (C=O) groups is 2. The zero-order valence-corrected chi connectivity index (χ0v) is 15.3. The molecule has 0 aromatic carbocycles. The van der Waals surface area contributed by atoms with Gasteiger partial charge in [-0.05, 0) is 46.6 Å². The number of aromatic nitrogens is 1. The second kappa shape index (κ2) is 6.71. The lowest BCUT2D eigenvalue weighted by Crippen LogP contribution is -2.50. The van der Waals surface area contributed by atoms with E-state index in [1.54, 1.807) is 0 Å². The molecule has 0 N–H and O–H groups in total. The predicted molar refractivity (Wildman–Crippen MR) is 94.4 cm³/mol. The molecule has 1 amide bonds. The first-order valence-electron chi connectivity index (χ1n) is 9.11. The Hall–Kier alpha value is -1.62. The van der Waals surface area contributed by atoms with Crippen molar-refractivity contribution in [2.24, 2.45) is 5.92 Å². The van der Waals surface area contributed by atoms with E-state index in [2.05, 4.69) is 30.2 Å². The molecule has 1 aromatic rings. The smallest absolute Gasteiger partial charge is 0.225 e. The van der Waals surface area contributed by atoms with Gasteiger partial charge in [-0.25, -0.2) is 0 Å². The molecule has 24 heavy (non-hydrogen) atoms. The lowest BCUT2D eigenvalue weighted by molar-refractivity contribution is -0.134. The molecule has 5 nitrogen and oxygen atoms in total. The quantitative estimate of drug-likeness (QED) is 0.779. The number of rotatable bonds is 5. The molecule has 2 aliphatic rings. The molecule has 0 atom stereocenters. The van der Waals surface area contributed by atoms with Crippen molar-refractivity contribution in [3.63, 3.8) is 0 Å². The van der Waals surface area contributed by atoms with Gasteiger partial charge in [0.1, 0.15) is 0 Å². The minimum atomic E-state index is 0.192. The zero-order chi connectivity index (χ0) is 17.4. The Bertz CT molecular complexity index is 635. The van der Waals surface area contributed by atoms with Crippen molar-refractivity contribution in [1.82, 2.24) is 14.4 Å². The highest BCUT2D eigenvalue weighted by molar-refractivity contribution is 5.99. The van der Waals surface area contributed by atoms with Crippen LogP contribution in [0.1, 0.15) is 54.5 Å². The van der Waals surface area contributed by atoms with Crippen molar-refractivity contribution in [2.75, 3.05) is 32.7 Å². The maximum atomic E-state index is 12.7. The summed E-state index contributed by atoms with van der Waals surface area (Å²) in [5, 5.41) is 0. The largest absolute Gasteiger partial charge is 0.346 e. The number of nitrogens with zero attached hydrogens (tertiary/aromatic N) is 3. The topological polar surface area (TPSA) is 45.6 Å². The van der Waals surface area contributed by atoms with Gasteiger partial charge in [0.05, 0.1) is 6.54 Å². The van der Waals surface area contributed by atoms with Crippen molar-refractivity contribution in [3.8, 4) is 0 Å². The number of hydrogen-bond donors (Lipinski definition) is 0. The molecule has 2 heterocycles. The van der Waals surface area contributed by atoms with Gasteiger partial charge in [0.25, 0.3) is 0 Å². The van der Waals surface area contributed by atoms with Crippen LogP contribution < -0.4 is 0 Å². The molecule has 5 heteroatoms. The molecule has 0 bridgehead atoms. The summed E-state index contributed by atoms with van der Waals surface area (Å²) in [5.74, 6) is 0.804. The minimum Gasteiger partial charge on any atom is -0.346 e. The third-order valence-corrected chi connectivity index (χ3v) is 5.28. The average Bonchev–Trinajstić information content (AvgIpc) is 3.32. The maximum Gasteiger partial charge on any atom is 0.225 e. The number of piperazine rings is 1. The summed E-state index contributed by atoms with van der Waals surface area (Å²) in [5.41, 5.74) is 3.05. The Kier molecular flexibility index (Phi) is 4.81. The van der Waals surface area contributed by atoms with Gasteiger partial charge in [-0.2, -0.15) is 0 Å². The van der Waals surface area contributed by atoms with Crippen molar-refractivity contribution in [1.29, 1.82) is 0 Å². The number of aryl methyl sites for hydroxylation is 1. The van der Waals surface area contributed by atoms with Crippen LogP contribution in [0.4, 0.5) is 0 Å². The van der Waals surface area contributed by atoms with E-state index in [1.807, 2.05) is 17.9 Å². The van der Waals surface area contributed by atoms with Crippen LogP contribution in [0.2, 0.25) is 0 Å². The van der Waals surface area contributed by atoms with Crippen LogP contribution in [-0.4, -0.2) is 58.8 Å². The summed E-state index contributed by atoms with van der Waals surface area (Å²) in [7, 11) is 0. The average molecular weight is 331 g/mol. The first-order chi connectivity index (χ1) is 11.4. The number of carbonyl (C=O) groups excluding carboxylic acids is 2. The van der Waals surface area contributed by atoms with E-state index in [0.717, 1.165) is 56.0 Å². The Morgan fingerprint density at radius 3 is 2.25 bits per heavy atom. The molecule has 0 spiro atoms. The van der Waals surface area contributed by atoms with Gasteiger partial charge in [0, 0.05) is 55.1 Å². The van der Waals surface area contributed by atoms with E-state index in [4.69, 9.17) is 0 Å². The van der Waals surface area contributed by atoms with Gasteiger partial charge >= 0.3 is 0 Å². The van der Waals surface area contributed by atoms with Crippen molar-refractivity contribution < 1.29 is 9.59 Å². The van der Waals surface area contributed by atoms with E-state index >= 15 is 0 Å². The van der Waals surface area contributed by atoms with Crippen LogP contribution in [0, 0.1) is 19.8 Å². The highest BCUT2D eigenvalue weighted by atomic mass is 16.2. The van der Waals surface area contributed by atoms with Crippen molar-refractivity contribution in [2.45, 2.75) is 46.6 Å². The monoisotopic (exact) mass is 331 g/mol. The normalized spacial score (nSPS) is 19.1. The molecule has 1 aliphatic carbocycles. The molecule has 1 aliphatic heterocycles. The van der Waals surface area contributed by atoms with Gasteiger partial charge in [-0.1, -0.05) is 0 Å². The van der Waals surface area contributed by atoms with Gasteiger partial charge in [-0.15, -0.1) is 0 Å². The molecular formula is C19H29N3O2. The summed E-state index contributed by atoms with van der Waals surface area (Å²) >= 11 is 0. The van der Waals surface area contributed by atoms with E-state index in [1.165, 1.54) is 0 Å². The molecule has 3 rings (SSSR count). The zero-order valence-electron chi connectivity index (χ0n) is 15.3. The Morgan fingerprint density at radius 1 is 1.12 bits per heavy atom. The summed E-state index contributed by atoms with van der Waals surface area (Å²) in [6.07, 6.45) is 2.12. The standard InChI is InChI=1S/C19H29N3O2/c1-13(2)22-14(3)11-17(15(22)4)18(23)12-20-7-9-21(10-8-20)19(24)16-5-6-16/h11,13,16H,5-10,12H2,1-4H3. The van der Waals surface area contributed by atoms with Crippen LogP contribution >= 0.6 is 0 Å². The third-order valence-electron chi connectivity index (χ3n) is 5.28. The fraction of sp³-hybridized carbons (Fsp3) is 0.684. The maximum absolute atomic E-state index is 12.7.